The summed E-state index contributed by atoms with van der Waals surface area (Å²) in [6.07, 6.45) is 9.26. The highest BCUT2D eigenvalue weighted by molar-refractivity contribution is 5.92. The number of anilines is 1. The largest absolute Gasteiger partial charge is 0.372 e. The van der Waals surface area contributed by atoms with Gasteiger partial charge in [-0.1, -0.05) is 0 Å². The predicted octanol–water partition coefficient (Wildman–Crippen LogP) is 1.73. The molecular weight excluding hydrogens is 292 g/mol. The lowest BCUT2D eigenvalue weighted by Crippen LogP contribution is -2.32. The minimum Gasteiger partial charge on any atom is -0.372 e. The summed E-state index contributed by atoms with van der Waals surface area (Å²) >= 11 is 0. The molecule has 0 aliphatic carbocycles. The summed E-state index contributed by atoms with van der Waals surface area (Å²) in [4.78, 5) is 23.1. The minimum atomic E-state index is 0.0429. The second kappa shape index (κ2) is 7.21. The van der Waals surface area contributed by atoms with Crippen LogP contribution >= 0.6 is 0 Å². The molecule has 0 radical (unpaired) electrons. The number of carbonyl (C=O) groups is 1. The Kier molecular flexibility index (Phi) is 4.85. The standard InChI is InChI=1S/C16H22N6O/c1-17-15-11-18-13(10-19-15)9-12-3-2-7-22(8-5-12)16(23)14-4-6-20-21-14/h4,6,10-12H,2-3,5,7-9H2,1H3,(H,17,19)(H,20,21)/t12-/m0/s1. The van der Waals surface area contributed by atoms with Crippen LogP contribution < -0.4 is 5.32 Å². The third-order valence-corrected chi connectivity index (χ3v) is 4.33. The van der Waals surface area contributed by atoms with Crippen molar-refractivity contribution < 1.29 is 4.79 Å². The summed E-state index contributed by atoms with van der Waals surface area (Å²) in [5.41, 5.74) is 1.58. The molecule has 0 unspecified atom stereocenters. The molecule has 1 aliphatic rings. The van der Waals surface area contributed by atoms with Crippen molar-refractivity contribution >= 4 is 11.7 Å². The molecule has 7 heteroatoms. The summed E-state index contributed by atoms with van der Waals surface area (Å²) in [5.74, 6) is 1.37. The minimum absolute atomic E-state index is 0.0429. The molecule has 0 bridgehead atoms. The van der Waals surface area contributed by atoms with Gasteiger partial charge in [0, 0.05) is 26.3 Å². The number of hydrogen-bond acceptors (Lipinski definition) is 5. The molecule has 2 aromatic rings. The van der Waals surface area contributed by atoms with Crippen molar-refractivity contribution in [2.24, 2.45) is 5.92 Å². The normalized spacial score (nSPS) is 18.5. The first kappa shape index (κ1) is 15.5. The number of rotatable bonds is 4. The van der Waals surface area contributed by atoms with Crippen LogP contribution in [-0.2, 0) is 6.42 Å². The van der Waals surface area contributed by atoms with Gasteiger partial charge in [0.25, 0.3) is 5.91 Å². The zero-order chi connectivity index (χ0) is 16.1. The molecule has 2 aromatic heterocycles. The number of aromatic amines is 1. The first-order valence-corrected chi connectivity index (χ1v) is 8.03. The molecule has 0 saturated carbocycles. The van der Waals surface area contributed by atoms with E-state index in [1.54, 1.807) is 18.5 Å². The van der Waals surface area contributed by atoms with E-state index in [0.29, 0.717) is 11.6 Å². The van der Waals surface area contributed by atoms with Crippen LogP contribution in [0.2, 0.25) is 0 Å². The lowest BCUT2D eigenvalue weighted by atomic mass is 9.95. The molecule has 0 aromatic carbocycles. The molecule has 2 N–H and O–H groups in total. The molecule has 1 amide bonds. The highest BCUT2D eigenvalue weighted by atomic mass is 16.2. The van der Waals surface area contributed by atoms with Crippen LogP contribution in [0.3, 0.4) is 0 Å². The van der Waals surface area contributed by atoms with Crippen LogP contribution in [0.4, 0.5) is 5.82 Å². The van der Waals surface area contributed by atoms with Crippen molar-refractivity contribution in [1.82, 2.24) is 25.1 Å². The third-order valence-electron chi connectivity index (χ3n) is 4.33. The first-order valence-electron chi connectivity index (χ1n) is 8.03. The van der Waals surface area contributed by atoms with Crippen LogP contribution in [0.1, 0.15) is 35.4 Å². The monoisotopic (exact) mass is 314 g/mol. The fourth-order valence-corrected chi connectivity index (χ4v) is 3.00. The Labute approximate surface area is 135 Å². The Balaban J connectivity index is 1.56. The zero-order valence-corrected chi connectivity index (χ0v) is 13.3. The van der Waals surface area contributed by atoms with Gasteiger partial charge in [0.2, 0.25) is 0 Å². The van der Waals surface area contributed by atoms with Gasteiger partial charge in [-0.3, -0.25) is 14.9 Å². The van der Waals surface area contributed by atoms with Crippen molar-refractivity contribution in [3.05, 3.63) is 36.0 Å². The van der Waals surface area contributed by atoms with Gasteiger partial charge in [-0.15, -0.1) is 0 Å². The summed E-state index contributed by atoms with van der Waals surface area (Å²) in [7, 11) is 1.83. The molecule has 7 nitrogen and oxygen atoms in total. The third kappa shape index (κ3) is 3.85. The summed E-state index contributed by atoms with van der Waals surface area (Å²) in [6.45, 7) is 1.59. The molecule has 1 saturated heterocycles. The van der Waals surface area contributed by atoms with E-state index in [9.17, 15) is 4.79 Å². The molecule has 122 valence electrons. The molecule has 0 spiro atoms. The van der Waals surface area contributed by atoms with Gasteiger partial charge in [-0.05, 0) is 37.7 Å². The Morgan fingerprint density at radius 1 is 1.35 bits per heavy atom. The number of nitrogens with zero attached hydrogens (tertiary/aromatic N) is 4. The molecule has 3 rings (SSSR count). The maximum atomic E-state index is 12.4. The maximum Gasteiger partial charge on any atom is 0.271 e. The topological polar surface area (TPSA) is 86.8 Å². The van der Waals surface area contributed by atoms with Crippen molar-refractivity contribution in [2.75, 3.05) is 25.5 Å². The van der Waals surface area contributed by atoms with Crippen molar-refractivity contribution in [2.45, 2.75) is 25.7 Å². The van der Waals surface area contributed by atoms with E-state index in [1.807, 2.05) is 18.1 Å². The quantitative estimate of drug-likeness (QED) is 0.897. The zero-order valence-electron chi connectivity index (χ0n) is 13.3. The molecule has 1 aliphatic heterocycles. The van der Waals surface area contributed by atoms with E-state index in [0.717, 1.165) is 50.3 Å². The number of nitrogens with one attached hydrogen (secondary N) is 2. The second-order valence-corrected chi connectivity index (χ2v) is 5.91. The van der Waals surface area contributed by atoms with E-state index in [2.05, 4.69) is 25.5 Å². The first-order chi connectivity index (χ1) is 11.3. The van der Waals surface area contributed by atoms with Gasteiger partial charge >= 0.3 is 0 Å². The molecule has 1 fully saturated rings. The van der Waals surface area contributed by atoms with Crippen LogP contribution in [0.25, 0.3) is 0 Å². The average Bonchev–Trinajstić information content (AvgIpc) is 3.02. The number of hydrogen-bond donors (Lipinski definition) is 2. The Morgan fingerprint density at radius 2 is 2.26 bits per heavy atom. The van der Waals surface area contributed by atoms with E-state index in [-0.39, 0.29) is 5.91 Å². The number of H-pyrrole nitrogens is 1. The van der Waals surface area contributed by atoms with E-state index >= 15 is 0 Å². The fraction of sp³-hybridized carbons (Fsp3) is 0.500. The Hall–Kier alpha value is -2.44. The second-order valence-electron chi connectivity index (χ2n) is 5.91. The smallest absolute Gasteiger partial charge is 0.271 e. The molecule has 23 heavy (non-hydrogen) atoms. The summed E-state index contributed by atoms with van der Waals surface area (Å²) in [6, 6.07) is 1.73. The van der Waals surface area contributed by atoms with Gasteiger partial charge < -0.3 is 10.2 Å². The van der Waals surface area contributed by atoms with Gasteiger partial charge in [0.1, 0.15) is 11.5 Å². The van der Waals surface area contributed by atoms with Crippen LogP contribution in [0.5, 0.6) is 0 Å². The molecule has 1 atom stereocenters. The highest BCUT2D eigenvalue weighted by Crippen LogP contribution is 2.22. The number of aromatic nitrogens is 4. The van der Waals surface area contributed by atoms with Gasteiger partial charge in [0.05, 0.1) is 18.1 Å². The Bertz CT molecular complexity index is 625. The van der Waals surface area contributed by atoms with E-state index in [1.165, 1.54) is 0 Å². The van der Waals surface area contributed by atoms with Crippen LogP contribution in [0.15, 0.2) is 24.7 Å². The lowest BCUT2D eigenvalue weighted by molar-refractivity contribution is 0.0754. The van der Waals surface area contributed by atoms with Crippen molar-refractivity contribution in [3.8, 4) is 0 Å². The number of amides is 1. The number of likely N-dealkylation sites (tertiary alicyclic amines) is 1. The van der Waals surface area contributed by atoms with Crippen molar-refractivity contribution in [1.29, 1.82) is 0 Å². The Morgan fingerprint density at radius 3 is 2.96 bits per heavy atom. The van der Waals surface area contributed by atoms with Crippen LogP contribution in [0, 0.1) is 5.92 Å². The van der Waals surface area contributed by atoms with E-state index < -0.39 is 0 Å². The molecular formula is C16H22N6O. The van der Waals surface area contributed by atoms with Crippen LogP contribution in [-0.4, -0.2) is 51.1 Å². The number of carbonyl (C=O) groups excluding carboxylic acids is 1. The molecule has 3 heterocycles. The van der Waals surface area contributed by atoms with Gasteiger partial charge in [0.15, 0.2) is 0 Å². The maximum absolute atomic E-state index is 12.4. The average molecular weight is 314 g/mol. The van der Waals surface area contributed by atoms with E-state index in [4.69, 9.17) is 0 Å². The predicted molar refractivity (Wildman–Crippen MR) is 87.1 cm³/mol. The fourth-order valence-electron chi connectivity index (χ4n) is 3.00. The highest BCUT2D eigenvalue weighted by Gasteiger charge is 2.22. The SMILES string of the molecule is CNc1cnc(C[C@H]2CCCN(C(=O)c3ccn[nH]3)CC2)cn1. The van der Waals surface area contributed by atoms with Gasteiger partial charge in [-0.25, -0.2) is 4.98 Å². The lowest BCUT2D eigenvalue weighted by Gasteiger charge is -2.19. The summed E-state index contributed by atoms with van der Waals surface area (Å²) in [5, 5.41) is 9.58. The summed E-state index contributed by atoms with van der Waals surface area (Å²) < 4.78 is 0. The van der Waals surface area contributed by atoms with Gasteiger partial charge in [-0.2, -0.15) is 5.10 Å². The van der Waals surface area contributed by atoms with Crippen molar-refractivity contribution in [3.63, 3.8) is 0 Å².